The maximum atomic E-state index is 13.0. The second-order valence-electron chi connectivity index (χ2n) is 7.44. The number of pyridine rings is 1. The van der Waals surface area contributed by atoms with Crippen molar-refractivity contribution in [3.8, 4) is 0 Å². The highest BCUT2D eigenvalue weighted by atomic mass is 16.5. The summed E-state index contributed by atoms with van der Waals surface area (Å²) in [6, 6.07) is 1.81. The molecule has 1 aliphatic rings. The van der Waals surface area contributed by atoms with Gasteiger partial charge in [0.05, 0.1) is 5.56 Å². The number of carbonyl (C=O) groups is 1. The molecule has 7 nitrogen and oxygen atoms in total. The van der Waals surface area contributed by atoms with Gasteiger partial charge in [-0.25, -0.2) is 0 Å². The molecule has 3 heterocycles. The van der Waals surface area contributed by atoms with Crippen LogP contribution in [0.15, 0.2) is 23.0 Å². The summed E-state index contributed by atoms with van der Waals surface area (Å²) in [4.78, 5) is 25.9. The van der Waals surface area contributed by atoms with Crippen LogP contribution in [0.2, 0.25) is 0 Å². The highest BCUT2D eigenvalue weighted by Crippen LogP contribution is 2.26. The molecule has 0 saturated carbocycles. The van der Waals surface area contributed by atoms with Crippen molar-refractivity contribution in [2.75, 3.05) is 26.2 Å². The fraction of sp³-hybridized carbons (Fsp3) is 0.579. The predicted molar refractivity (Wildman–Crippen MR) is 97.7 cm³/mol. The van der Waals surface area contributed by atoms with Gasteiger partial charge in [-0.05, 0) is 37.8 Å². The number of amides is 1. The molecule has 3 rings (SSSR count). The first kappa shape index (κ1) is 18.5. The summed E-state index contributed by atoms with van der Waals surface area (Å²) in [6.45, 7) is 11.2. The van der Waals surface area contributed by atoms with E-state index in [2.05, 4.69) is 33.9 Å². The Morgan fingerprint density at radius 3 is 2.77 bits per heavy atom. The molecule has 1 aliphatic heterocycles. The second-order valence-corrected chi connectivity index (χ2v) is 7.44. The van der Waals surface area contributed by atoms with Gasteiger partial charge < -0.3 is 9.42 Å². The third-order valence-electron chi connectivity index (χ3n) is 4.54. The Labute approximate surface area is 154 Å². The predicted octanol–water partition coefficient (Wildman–Crippen LogP) is 2.63. The highest BCUT2D eigenvalue weighted by molar-refractivity contribution is 5.94. The van der Waals surface area contributed by atoms with Crippen LogP contribution in [0, 0.1) is 19.8 Å². The van der Waals surface area contributed by atoms with Crippen LogP contribution in [0.1, 0.15) is 53.9 Å². The first-order valence-corrected chi connectivity index (χ1v) is 9.19. The molecule has 0 aromatic carbocycles. The normalized spacial score (nSPS) is 19.0. The monoisotopic (exact) mass is 357 g/mol. The Morgan fingerprint density at radius 2 is 2.12 bits per heavy atom. The van der Waals surface area contributed by atoms with Gasteiger partial charge in [0.25, 0.3) is 5.91 Å². The molecular formula is C19H27N5O2. The second kappa shape index (κ2) is 7.95. The Hall–Kier alpha value is -2.28. The third kappa shape index (κ3) is 4.27. The van der Waals surface area contributed by atoms with Crippen LogP contribution in [0.25, 0.3) is 0 Å². The molecule has 1 atom stereocenters. The molecule has 0 bridgehead atoms. The summed E-state index contributed by atoms with van der Waals surface area (Å²) in [5.74, 6) is 1.73. The Kier molecular flexibility index (Phi) is 5.66. The van der Waals surface area contributed by atoms with Gasteiger partial charge in [0.15, 0.2) is 5.82 Å². The smallest absolute Gasteiger partial charge is 0.255 e. The zero-order valence-corrected chi connectivity index (χ0v) is 16.0. The quantitative estimate of drug-likeness (QED) is 0.837. The Balaban J connectivity index is 1.86. The lowest BCUT2D eigenvalue weighted by Crippen LogP contribution is -2.39. The highest BCUT2D eigenvalue weighted by Gasteiger charge is 2.32. The molecular weight excluding hydrogens is 330 g/mol. The molecule has 0 spiro atoms. The standard InChI is InChI=1S/C19H27N5O2/c1-13(2)11-23-6-5-7-24(12-17(23)18-21-15(4)22-26-18)19(25)16-8-14(3)9-20-10-16/h8-10,13,17H,5-7,11-12H2,1-4H3. The molecule has 0 aliphatic carbocycles. The maximum Gasteiger partial charge on any atom is 0.255 e. The molecule has 26 heavy (non-hydrogen) atoms. The van der Waals surface area contributed by atoms with Crippen molar-refractivity contribution in [2.45, 2.75) is 40.2 Å². The SMILES string of the molecule is Cc1cncc(C(=O)N2CCCN(CC(C)C)C(c3nc(C)no3)C2)c1. The van der Waals surface area contributed by atoms with Crippen LogP contribution >= 0.6 is 0 Å². The topological polar surface area (TPSA) is 75.4 Å². The largest absolute Gasteiger partial charge is 0.338 e. The van der Waals surface area contributed by atoms with Crippen molar-refractivity contribution in [1.82, 2.24) is 24.9 Å². The van der Waals surface area contributed by atoms with E-state index in [-0.39, 0.29) is 11.9 Å². The molecule has 1 unspecified atom stereocenters. The number of hydrogen-bond donors (Lipinski definition) is 0. The minimum absolute atomic E-state index is 0.00818. The maximum absolute atomic E-state index is 13.0. The number of nitrogens with zero attached hydrogens (tertiary/aromatic N) is 5. The summed E-state index contributed by atoms with van der Waals surface area (Å²) < 4.78 is 5.47. The summed E-state index contributed by atoms with van der Waals surface area (Å²) in [5.41, 5.74) is 1.61. The van der Waals surface area contributed by atoms with Crippen LogP contribution in [0.4, 0.5) is 0 Å². The number of rotatable bonds is 4. The Morgan fingerprint density at radius 1 is 1.31 bits per heavy atom. The fourth-order valence-electron chi connectivity index (χ4n) is 3.45. The van der Waals surface area contributed by atoms with Gasteiger partial charge in [0, 0.05) is 38.6 Å². The van der Waals surface area contributed by atoms with E-state index in [1.807, 2.05) is 24.8 Å². The van der Waals surface area contributed by atoms with Crippen molar-refractivity contribution in [3.63, 3.8) is 0 Å². The zero-order valence-electron chi connectivity index (χ0n) is 16.0. The van der Waals surface area contributed by atoms with Crippen LogP contribution in [0.3, 0.4) is 0 Å². The van der Waals surface area contributed by atoms with E-state index in [1.165, 1.54) is 0 Å². The minimum Gasteiger partial charge on any atom is -0.338 e. The molecule has 2 aromatic rings. The van der Waals surface area contributed by atoms with Crippen LogP contribution in [-0.2, 0) is 0 Å². The van der Waals surface area contributed by atoms with Gasteiger partial charge in [-0.1, -0.05) is 19.0 Å². The van der Waals surface area contributed by atoms with Crippen LogP contribution in [-0.4, -0.2) is 57.0 Å². The fourth-order valence-corrected chi connectivity index (χ4v) is 3.45. The molecule has 1 saturated heterocycles. The molecule has 0 N–H and O–H groups in total. The first-order chi connectivity index (χ1) is 12.4. The van der Waals surface area contributed by atoms with E-state index in [9.17, 15) is 4.79 Å². The van der Waals surface area contributed by atoms with E-state index in [1.54, 1.807) is 12.4 Å². The van der Waals surface area contributed by atoms with Crippen molar-refractivity contribution in [3.05, 3.63) is 41.3 Å². The van der Waals surface area contributed by atoms with Crippen molar-refractivity contribution >= 4 is 5.91 Å². The van der Waals surface area contributed by atoms with Gasteiger partial charge in [0.2, 0.25) is 5.89 Å². The lowest BCUT2D eigenvalue weighted by atomic mass is 10.1. The molecule has 1 amide bonds. The van der Waals surface area contributed by atoms with E-state index < -0.39 is 0 Å². The third-order valence-corrected chi connectivity index (χ3v) is 4.54. The average Bonchev–Trinajstić information content (AvgIpc) is 2.91. The van der Waals surface area contributed by atoms with E-state index in [0.717, 1.165) is 25.1 Å². The van der Waals surface area contributed by atoms with Crippen LogP contribution < -0.4 is 0 Å². The van der Waals surface area contributed by atoms with Crippen molar-refractivity contribution < 1.29 is 9.32 Å². The van der Waals surface area contributed by atoms with Gasteiger partial charge in [-0.3, -0.25) is 14.7 Å². The summed E-state index contributed by atoms with van der Waals surface area (Å²) in [6.07, 6.45) is 4.31. The van der Waals surface area contributed by atoms with Gasteiger partial charge in [0.1, 0.15) is 6.04 Å². The minimum atomic E-state index is -0.0807. The van der Waals surface area contributed by atoms with Gasteiger partial charge >= 0.3 is 0 Å². The van der Waals surface area contributed by atoms with Crippen molar-refractivity contribution in [2.24, 2.45) is 5.92 Å². The van der Waals surface area contributed by atoms with E-state index in [0.29, 0.717) is 36.3 Å². The molecule has 1 fully saturated rings. The lowest BCUT2D eigenvalue weighted by Gasteiger charge is -2.30. The zero-order chi connectivity index (χ0) is 18.7. The Bertz CT molecular complexity index is 758. The first-order valence-electron chi connectivity index (χ1n) is 9.19. The van der Waals surface area contributed by atoms with Gasteiger partial charge in [-0.15, -0.1) is 0 Å². The summed E-state index contributed by atoms with van der Waals surface area (Å²) in [5, 5.41) is 3.95. The number of aryl methyl sites for hydroxylation is 2. The molecule has 2 aromatic heterocycles. The van der Waals surface area contributed by atoms with Gasteiger partial charge in [-0.2, -0.15) is 4.98 Å². The molecule has 140 valence electrons. The van der Waals surface area contributed by atoms with Crippen molar-refractivity contribution in [1.29, 1.82) is 0 Å². The average molecular weight is 357 g/mol. The van der Waals surface area contributed by atoms with E-state index >= 15 is 0 Å². The number of hydrogen-bond acceptors (Lipinski definition) is 6. The molecule has 7 heteroatoms. The number of carbonyl (C=O) groups excluding carboxylic acids is 1. The summed E-state index contributed by atoms with van der Waals surface area (Å²) in [7, 11) is 0. The molecule has 0 radical (unpaired) electrons. The van der Waals surface area contributed by atoms with Crippen LogP contribution in [0.5, 0.6) is 0 Å². The lowest BCUT2D eigenvalue weighted by molar-refractivity contribution is 0.0708. The number of aromatic nitrogens is 3. The van der Waals surface area contributed by atoms with E-state index in [4.69, 9.17) is 4.52 Å². The summed E-state index contributed by atoms with van der Waals surface area (Å²) >= 11 is 0.